The molecule has 0 spiro atoms. The van der Waals surface area contributed by atoms with Gasteiger partial charge < -0.3 is 20.5 Å². The second-order valence-corrected chi connectivity index (χ2v) is 5.08. The first kappa shape index (κ1) is 17.8. The summed E-state index contributed by atoms with van der Waals surface area (Å²) in [4.78, 5) is 12.0. The maximum Gasteiger partial charge on any atom is 0.239 e. The van der Waals surface area contributed by atoms with Crippen molar-refractivity contribution >= 4 is 18.3 Å². The van der Waals surface area contributed by atoms with E-state index in [2.05, 4.69) is 5.32 Å². The van der Waals surface area contributed by atoms with Gasteiger partial charge in [0, 0.05) is 7.11 Å². The van der Waals surface area contributed by atoms with Gasteiger partial charge in [-0.1, -0.05) is 6.07 Å². The number of carbonyl (C=O) groups excluding carboxylic acids is 1. The van der Waals surface area contributed by atoms with E-state index >= 15 is 0 Å². The third kappa shape index (κ3) is 4.33. The Kier molecular flexibility index (Phi) is 6.95. The van der Waals surface area contributed by atoms with Crippen LogP contribution in [0.15, 0.2) is 18.2 Å². The molecule has 0 saturated carbocycles. The van der Waals surface area contributed by atoms with E-state index in [4.69, 9.17) is 15.2 Å². The molecule has 0 aromatic heterocycles. The summed E-state index contributed by atoms with van der Waals surface area (Å²) in [6, 6.07) is 5.41. The van der Waals surface area contributed by atoms with E-state index in [1.165, 1.54) is 12.7 Å². The highest BCUT2D eigenvalue weighted by Gasteiger charge is 2.24. The lowest BCUT2D eigenvalue weighted by Crippen LogP contribution is -2.45. The van der Waals surface area contributed by atoms with Gasteiger partial charge in [0.2, 0.25) is 5.91 Å². The van der Waals surface area contributed by atoms with Crippen LogP contribution < -0.4 is 15.8 Å². The van der Waals surface area contributed by atoms with Gasteiger partial charge in [-0.15, -0.1) is 12.4 Å². The molecule has 0 bridgehead atoms. The summed E-state index contributed by atoms with van der Waals surface area (Å²) in [5.41, 5.74) is 8.15. The normalized spacial score (nSPS) is 18.1. The zero-order chi connectivity index (χ0) is 14.5. The number of fused-ring (bicyclic) bond motifs is 1. The molecule has 1 aromatic carbocycles. The molecule has 1 aromatic rings. The predicted molar refractivity (Wildman–Crippen MR) is 83.9 cm³/mol. The van der Waals surface area contributed by atoms with Gasteiger partial charge in [0.05, 0.1) is 19.8 Å². The van der Waals surface area contributed by atoms with Crippen molar-refractivity contribution in [3.05, 3.63) is 29.3 Å². The molecule has 6 heteroatoms. The zero-order valence-corrected chi connectivity index (χ0v) is 13.2. The van der Waals surface area contributed by atoms with Crippen molar-refractivity contribution < 1.29 is 14.3 Å². The molecule has 118 valence electrons. The molecule has 0 fully saturated rings. The van der Waals surface area contributed by atoms with Crippen LogP contribution in [0.4, 0.5) is 0 Å². The number of rotatable bonds is 5. The van der Waals surface area contributed by atoms with Crippen LogP contribution >= 0.6 is 12.4 Å². The summed E-state index contributed by atoms with van der Waals surface area (Å²) < 4.78 is 10.2. The number of nitrogens with two attached hydrogens (primary N) is 1. The molecule has 0 aliphatic heterocycles. The topological polar surface area (TPSA) is 73.6 Å². The number of ether oxygens (including phenoxy) is 2. The Hall–Kier alpha value is -1.30. The predicted octanol–water partition coefficient (Wildman–Crippen LogP) is 1.58. The number of carbonyl (C=O) groups is 1. The van der Waals surface area contributed by atoms with E-state index < -0.39 is 6.04 Å². The van der Waals surface area contributed by atoms with E-state index in [-0.39, 0.29) is 31.0 Å². The van der Waals surface area contributed by atoms with Crippen molar-refractivity contribution in [3.63, 3.8) is 0 Å². The Morgan fingerprint density at radius 3 is 2.90 bits per heavy atom. The Labute approximate surface area is 131 Å². The molecule has 1 amide bonds. The van der Waals surface area contributed by atoms with Gasteiger partial charge >= 0.3 is 0 Å². The highest BCUT2D eigenvalue weighted by Crippen LogP contribution is 2.32. The van der Waals surface area contributed by atoms with Crippen molar-refractivity contribution in [2.45, 2.75) is 31.3 Å². The van der Waals surface area contributed by atoms with Gasteiger partial charge in [-0.05, 0) is 42.5 Å². The monoisotopic (exact) mass is 314 g/mol. The van der Waals surface area contributed by atoms with Gasteiger partial charge in [0.25, 0.3) is 0 Å². The summed E-state index contributed by atoms with van der Waals surface area (Å²) in [6.45, 7) is 0.230. The average Bonchev–Trinajstić information content (AvgIpc) is 2.47. The second kappa shape index (κ2) is 8.22. The lowest BCUT2D eigenvalue weighted by Gasteiger charge is -2.27. The molecule has 0 radical (unpaired) electrons. The highest BCUT2D eigenvalue weighted by molar-refractivity contribution is 5.85. The van der Waals surface area contributed by atoms with Crippen LogP contribution in [0, 0.1) is 0 Å². The fourth-order valence-electron chi connectivity index (χ4n) is 2.60. The van der Waals surface area contributed by atoms with Crippen molar-refractivity contribution in [3.8, 4) is 5.75 Å². The first-order chi connectivity index (χ1) is 9.65. The fraction of sp³-hybridized carbons (Fsp3) is 0.533. The minimum absolute atomic E-state index is 0. The molecule has 0 heterocycles. The smallest absolute Gasteiger partial charge is 0.239 e. The Balaban J connectivity index is 0.00000220. The number of aryl methyl sites for hydroxylation is 1. The molecule has 5 nitrogen and oxygen atoms in total. The maximum atomic E-state index is 12.0. The first-order valence-electron chi connectivity index (χ1n) is 6.87. The Bertz CT molecular complexity index is 482. The van der Waals surface area contributed by atoms with Crippen LogP contribution in [0.1, 0.15) is 30.0 Å². The van der Waals surface area contributed by atoms with Gasteiger partial charge in [0.1, 0.15) is 11.8 Å². The van der Waals surface area contributed by atoms with Crippen LogP contribution in [0.25, 0.3) is 0 Å². The molecule has 21 heavy (non-hydrogen) atoms. The lowest BCUT2D eigenvalue weighted by atomic mass is 9.87. The molecule has 3 N–H and O–H groups in total. The molecule has 0 saturated heterocycles. The molecular weight excluding hydrogens is 292 g/mol. The maximum absolute atomic E-state index is 12.0. The van der Waals surface area contributed by atoms with Crippen molar-refractivity contribution in [1.29, 1.82) is 0 Å². The minimum atomic E-state index is -0.622. The van der Waals surface area contributed by atoms with Crippen LogP contribution in [-0.4, -0.2) is 32.8 Å². The number of hydrogen-bond acceptors (Lipinski definition) is 4. The first-order valence-corrected chi connectivity index (χ1v) is 6.87. The molecule has 2 unspecified atom stereocenters. The number of benzene rings is 1. The number of halogens is 1. The quantitative estimate of drug-likeness (QED) is 0.865. The highest BCUT2D eigenvalue weighted by atomic mass is 35.5. The van der Waals surface area contributed by atoms with E-state index in [1.54, 1.807) is 7.11 Å². The standard InChI is InChI=1S/C15H22N2O3.ClH/c1-19-9-13(16)15(18)17-14-5-3-4-10-8-11(20-2)6-7-12(10)14;/h6-8,13-14H,3-5,9,16H2,1-2H3,(H,17,18);1H. The largest absolute Gasteiger partial charge is 0.497 e. The molecule has 1 aliphatic carbocycles. The van der Waals surface area contributed by atoms with Gasteiger partial charge in [-0.25, -0.2) is 0 Å². The van der Waals surface area contributed by atoms with Gasteiger partial charge in [-0.2, -0.15) is 0 Å². The zero-order valence-electron chi connectivity index (χ0n) is 12.4. The number of methoxy groups -OCH3 is 2. The third-order valence-electron chi connectivity index (χ3n) is 3.66. The summed E-state index contributed by atoms with van der Waals surface area (Å²) in [7, 11) is 3.20. The van der Waals surface area contributed by atoms with E-state index in [0.717, 1.165) is 30.6 Å². The van der Waals surface area contributed by atoms with Gasteiger partial charge in [0.15, 0.2) is 0 Å². The van der Waals surface area contributed by atoms with E-state index in [1.807, 2.05) is 18.2 Å². The van der Waals surface area contributed by atoms with Crippen LogP contribution in [0.3, 0.4) is 0 Å². The number of hydrogen-bond donors (Lipinski definition) is 2. The summed E-state index contributed by atoms with van der Waals surface area (Å²) in [5, 5.41) is 3.01. The second-order valence-electron chi connectivity index (χ2n) is 5.08. The molecule has 2 atom stereocenters. The van der Waals surface area contributed by atoms with Crippen LogP contribution in [0.5, 0.6) is 5.75 Å². The average molecular weight is 315 g/mol. The fourth-order valence-corrected chi connectivity index (χ4v) is 2.60. The SMILES string of the molecule is COCC(N)C(=O)NC1CCCc2cc(OC)ccc21.Cl. The third-order valence-corrected chi connectivity index (χ3v) is 3.66. The van der Waals surface area contributed by atoms with Crippen LogP contribution in [0.2, 0.25) is 0 Å². The lowest BCUT2D eigenvalue weighted by molar-refractivity contribution is -0.124. The van der Waals surface area contributed by atoms with Crippen molar-refractivity contribution in [1.82, 2.24) is 5.32 Å². The summed E-state index contributed by atoms with van der Waals surface area (Å²) in [6.07, 6.45) is 3.00. The van der Waals surface area contributed by atoms with Crippen LogP contribution in [-0.2, 0) is 16.0 Å². The Morgan fingerprint density at radius 2 is 2.24 bits per heavy atom. The number of amides is 1. The van der Waals surface area contributed by atoms with Crippen molar-refractivity contribution in [2.75, 3.05) is 20.8 Å². The van der Waals surface area contributed by atoms with Crippen molar-refractivity contribution in [2.24, 2.45) is 5.73 Å². The van der Waals surface area contributed by atoms with E-state index in [9.17, 15) is 4.79 Å². The molecular formula is C15H23ClN2O3. The van der Waals surface area contributed by atoms with Gasteiger partial charge in [-0.3, -0.25) is 4.79 Å². The minimum Gasteiger partial charge on any atom is -0.497 e. The number of nitrogens with one attached hydrogen (secondary N) is 1. The molecule has 2 rings (SSSR count). The summed E-state index contributed by atoms with van der Waals surface area (Å²) >= 11 is 0. The van der Waals surface area contributed by atoms with E-state index in [0.29, 0.717) is 0 Å². The molecule has 1 aliphatic rings. The Morgan fingerprint density at radius 1 is 1.48 bits per heavy atom. The summed E-state index contributed by atoms with van der Waals surface area (Å²) in [5.74, 6) is 0.687.